The van der Waals surface area contributed by atoms with Crippen molar-refractivity contribution >= 4 is 5.69 Å². The SMILES string of the molecule is CCOc1ccc(-c2nc(-c3cccc4c3CCN4)no2)cc1OC. The van der Waals surface area contributed by atoms with Gasteiger partial charge in [0.05, 0.1) is 13.7 Å². The van der Waals surface area contributed by atoms with Gasteiger partial charge in [0.15, 0.2) is 11.5 Å². The summed E-state index contributed by atoms with van der Waals surface area (Å²) in [5, 5.41) is 7.53. The van der Waals surface area contributed by atoms with Gasteiger partial charge in [0.2, 0.25) is 5.82 Å². The van der Waals surface area contributed by atoms with E-state index in [1.807, 2.05) is 37.3 Å². The molecule has 0 unspecified atom stereocenters. The van der Waals surface area contributed by atoms with E-state index in [2.05, 4.69) is 21.5 Å². The second-order valence-electron chi connectivity index (χ2n) is 5.73. The fourth-order valence-corrected chi connectivity index (χ4v) is 3.08. The maximum atomic E-state index is 5.55. The Labute approximate surface area is 145 Å². The van der Waals surface area contributed by atoms with Crippen molar-refractivity contribution in [3.63, 3.8) is 0 Å². The third-order valence-corrected chi connectivity index (χ3v) is 4.24. The van der Waals surface area contributed by atoms with Crippen LogP contribution in [0.1, 0.15) is 12.5 Å². The van der Waals surface area contributed by atoms with Gasteiger partial charge in [-0.3, -0.25) is 0 Å². The molecule has 0 radical (unpaired) electrons. The molecule has 1 aliphatic rings. The van der Waals surface area contributed by atoms with E-state index in [1.54, 1.807) is 7.11 Å². The van der Waals surface area contributed by atoms with Crippen LogP contribution in [0.25, 0.3) is 22.8 Å². The van der Waals surface area contributed by atoms with Crippen molar-refractivity contribution in [3.8, 4) is 34.3 Å². The zero-order valence-electron chi connectivity index (χ0n) is 14.2. The lowest BCUT2D eigenvalue weighted by Crippen LogP contribution is -1.95. The van der Waals surface area contributed by atoms with Crippen molar-refractivity contribution in [2.45, 2.75) is 13.3 Å². The second-order valence-corrected chi connectivity index (χ2v) is 5.73. The summed E-state index contributed by atoms with van der Waals surface area (Å²) in [7, 11) is 1.61. The molecule has 0 saturated heterocycles. The van der Waals surface area contributed by atoms with Crippen LogP contribution in [0.2, 0.25) is 0 Å². The predicted molar refractivity (Wildman–Crippen MR) is 95.1 cm³/mol. The molecule has 0 fully saturated rings. The average Bonchev–Trinajstić information content (AvgIpc) is 3.31. The van der Waals surface area contributed by atoms with Crippen molar-refractivity contribution in [1.82, 2.24) is 10.1 Å². The highest BCUT2D eigenvalue weighted by Gasteiger charge is 2.19. The van der Waals surface area contributed by atoms with Crippen LogP contribution in [0, 0.1) is 0 Å². The van der Waals surface area contributed by atoms with Crippen LogP contribution in [-0.4, -0.2) is 30.4 Å². The van der Waals surface area contributed by atoms with Gasteiger partial charge in [0.25, 0.3) is 5.89 Å². The molecule has 4 rings (SSSR count). The minimum Gasteiger partial charge on any atom is -0.493 e. The molecule has 128 valence electrons. The molecule has 0 atom stereocenters. The zero-order chi connectivity index (χ0) is 17.2. The van der Waals surface area contributed by atoms with E-state index in [0.29, 0.717) is 29.8 Å². The van der Waals surface area contributed by atoms with Crippen LogP contribution in [0.5, 0.6) is 11.5 Å². The Morgan fingerprint density at radius 2 is 2.12 bits per heavy atom. The Kier molecular flexibility index (Phi) is 4.01. The molecule has 6 nitrogen and oxygen atoms in total. The molecule has 0 bridgehead atoms. The Morgan fingerprint density at radius 3 is 2.96 bits per heavy atom. The first-order valence-corrected chi connectivity index (χ1v) is 8.31. The number of benzene rings is 2. The molecule has 0 aliphatic carbocycles. The fourth-order valence-electron chi connectivity index (χ4n) is 3.08. The van der Waals surface area contributed by atoms with Crippen LogP contribution in [0.4, 0.5) is 5.69 Å². The first kappa shape index (κ1) is 15.5. The molecule has 1 aromatic heterocycles. The number of hydrogen-bond acceptors (Lipinski definition) is 6. The first-order chi connectivity index (χ1) is 12.3. The van der Waals surface area contributed by atoms with Crippen molar-refractivity contribution in [3.05, 3.63) is 42.0 Å². The van der Waals surface area contributed by atoms with E-state index >= 15 is 0 Å². The minimum atomic E-state index is 0.458. The van der Waals surface area contributed by atoms with Crippen molar-refractivity contribution in [1.29, 1.82) is 0 Å². The number of anilines is 1. The summed E-state index contributed by atoms with van der Waals surface area (Å²) in [5.74, 6) is 2.40. The Balaban J connectivity index is 1.69. The smallest absolute Gasteiger partial charge is 0.258 e. The lowest BCUT2D eigenvalue weighted by molar-refractivity contribution is 0.311. The van der Waals surface area contributed by atoms with E-state index in [1.165, 1.54) is 5.56 Å². The largest absolute Gasteiger partial charge is 0.493 e. The Hall–Kier alpha value is -3.02. The third-order valence-electron chi connectivity index (χ3n) is 4.24. The molecule has 25 heavy (non-hydrogen) atoms. The molecular formula is C19H19N3O3. The molecule has 0 spiro atoms. The molecule has 1 N–H and O–H groups in total. The summed E-state index contributed by atoms with van der Waals surface area (Å²) in [6.45, 7) is 3.45. The molecule has 0 amide bonds. The van der Waals surface area contributed by atoms with E-state index in [9.17, 15) is 0 Å². The van der Waals surface area contributed by atoms with E-state index < -0.39 is 0 Å². The summed E-state index contributed by atoms with van der Waals surface area (Å²) in [5.41, 5.74) is 4.19. The molecule has 1 aliphatic heterocycles. The number of rotatable bonds is 5. The summed E-state index contributed by atoms with van der Waals surface area (Å²) >= 11 is 0. The lowest BCUT2D eigenvalue weighted by atomic mass is 10.0. The van der Waals surface area contributed by atoms with Crippen molar-refractivity contribution in [2.24, 2.45) is 0 Å². The number of methoxy groups -OCH3 is 1. The van der Waals surface area contributed by atoms with Crippen LogP contribution in [0.15, 0.2) is 40.9 Å². The second kappa shape index (κ2) is 6.47. The number of hydrogen-bond donors (Lipinski definition) is 1. The molecule has 2 heterocycles. The highest BCUT2D eigenvalue weighted by atomic mass is 16.5. The lowest BCUT2D eigenvalue weighted by Gasteiger charge is -2.09. The van der Waals surface area contributed by atoms with Gasteiger partial charge in [0, 0.05) is 23.4 Å². The number of ether oxygens (including phenoxy) is 2. The van der Waals surface area contributed by atoms with E-state index in [4.69, 9.17) is 14.0 Å². The van der Waals surface area contributed by atoms with Gasteiger partial charge in [-0.2, -0.15) is 4.98 Å². The van der Waals surface area contributed by atoms with E-state index in [0.717, 1.165) is 29.8 Å². The maximum Gasteiger partial charge on any atom is 0.258 e. The topological polar surface area (TPSA) is 69.4 Å². The Bertz CT molecular complexity index is 905. The zero-order valence-corrected chi connectivity index (χ0v) is 14.2. The number of nitrogens with one attached hydrogen (secondary N) is 1. The first-order valence-electron chi connectivity index (χ1n) is 8.31. The fraction of sp³-hybridized carbons (Fsp3) is 0.263. The summed E-state index contributed by atoms with van der Waals surface area (Å²) in [6.07, 6.45) is 0.965. The van der Waals surface area contributed by atoms with Gasteiger partial charge in [-0.05, 0) is 43.2 Å². The van der Waals surface area contributed by atoms with Crippen molar-refractivity contribution in [2.75, 3.05) is 25.6 Å². The number of aromatic nitrogens is 2. The Morgan fingerprint density at radius 1 is 1.20 bits per heavy atom. The molecule has 0 saturated carbocycles. The quantitative estimate of drug-likeness (QED) is 0.764. The minimum absolute atomic E-state index is 0.458. The van der Waals surface area contributed by atoms with Crippen LogP contribution < -0.4 is 14.8 Å². The molecule has 6 heteroatoms. The highest BCUT2D eigenvalue weighted by molar-refractivity contribution is 5.73. The van der Waals surface area contributed by atoms with Gasteiger partial charge >= 0.3 is 0 Å². The number of fused-ring (bicyclic) bond motifs is 1. The van der Waals surface area contributed by atoms with Crippen LogP contribution in [-0.2, 0) is 6.42 Å². The summed E-state index contributed by atoms with van der Waals surface area (Å²) < 4.78 is 16.4. The van der Waals surface area contributed by atoms with Gasteiger partial charge < -0.3 is 19.3 Å². The van der Waals surface area contributed by atoms with Gasteiger partial charge in [-0.25, -0.2) is 0 Å². The summed E-state index contributed by atoms with van der Waals surface area (Å²) in [4.78, 5) is 4.58. The maximum absolute atomic E-state index is 5.55. The normalized spacial score (nSPS) is 12.6. The van der Waals surface area contributed by atoms with Gasteiger partial charge in [-0.1, -0.05) is 17.3 Å². The monoisotopic (exact) mass is 337 g/mol. The van der Waals surface area contributed by atoms with E-state index in [-0.39, 0.29) is 0 Å². The van der Waals surface area contributed by atoms with Crippen LogP contribution >= 0.6 is 0 Å². The molecule has 3 aromatic rings. The predicted octanol–water partition coefficient (Wildman–Crippen LogP) is 3.78. The molecular weight excluding hydrogens is 318 g/mol. The van der Waals surface area contributed by atoms with Gasteiger partial charge in [0.1, 0.15) is 0 Å². The van der Waals surface area contributed by atoms with Gasteiger partial charge in [-0.15, -0.1) is 0 Å². The van der Waals surface area contributed by atoms with Crippen LogP contribution in [0.3, 0.4) is 0 Å². The standard InChI is InChI=1S/C19H19N3O3/c1-3-24-16-8-7-12(11-17(16)23-2)19-21-18(22-25-19)14-5-4-6-15-13(14)9-10-20-15/h4-8,11,20H,3,9-10H2,1-2H3. The van der Waals surface area contributed by atoms with Crippen molar-refractivity contribution < 1.29 is 14.0 Å². The highest BCUT2D eigenvalue weighted by Crippen LogP contribution is 2.35. The summed E-state index contributed by atoms with van der Waals surface area (Å²) in [6, 6.07) is 11.7. The third kappa shape index (κ3) is 2.80. The number of nitrogens with zero attached hydrogens (tertiary/aromatic N) is 2. The molecule has 2 aromatic carbocycles. The average molecular weight is 337 g/mol.